The van der Waals surface area contributed by atoms with E-state index in [4.69, 9.17) is 11.6 Å². The van der Waals surface area contributed by atoms with Crippen molar-refractivity contribution in [2.75, 3.05) is 5.32 Å². The lowest BCUT2D eigenvalue weighted by Gasteiger charge is -2.08. The number of hydrogen-bond acceptors (Lipinski definition) is 3. The lowest BCUT2D eigenvalue weighted by molar-refractivity contribution is -0.111. The van der Waals surface area contributed by atoms with Gasteiger partial charge in [-0.25, -0.2) is 4.39 Å². The summed E-state index contributed by atoms with van der Waals surface area (Å²) >= 11 is 6.11. The van der Waals surface area contributed by atoms with Gasteiger partial charge in [0.05, 0.1) is 29.8 Å². The smallest absolute Gasteiger partial charge is 0.248 e. The van der Waals surface area contributed by atoms with Crippen LogP contribution in [-0.2, 0) is 17.9 Å². The normalized spacial score (nSPS) is 11.3. The van der Waals surface area contributed by atoms with Gasteiger partial charge >= 0.3 is 0 Å². The van der Waals surface area contributed by atoms with E-state index in [9.17, 15) is 9.18 Å². The fraction of sp³-hybridized carbons (Fsp3) is 0.250. The molecule has 0 bridgehead atoms. The first kappa shape index (κ1) is 19.8. The molecule has 0 radical (unpaired) electrons. The predicted molar refractivity (Wildman–Crippen MR) is 108 cm³/mol. The predicted octanol–water partition coefficient (Wildman–Crippen LogP) is 4.21. The summed E-state index contributed by atoms with van der Waals surface area (Å²) in [7, 11) is 0. The van der Waals surface area contributed by atoms with Crippen molar-refractivity contribution in [1.82, 2.24) is 19.6 Å². The minimum absolute atomic E-state index is 0.255. The molecule has 3 aromatic rings. The largest absolute Gasteiger partial charge is 0.319 e. The van der Waals surface area contributed by atoms with Gasteiger partial charge in [-0.2, -0.15) is 10.2 Å². The Balaban J connectivity index is 1.73. The molecule has 0 aliphatic rings. The topological polar surface area (TPSA) is 64.7 Å². The second kappa shape index (κ2) is 8.39. The fourth-order valence-corrected chi connectivity index (χ4v) is 3.05. The standard InChI is InChI=1S/C20H21ClFN5O/c1-4-26-11-15(10-23-26)5-8-19(28)24-20-13(2)25-27(14(20)3)12-16-6-7-17(22)9-18(16)21/h5-11H,4,12H2,1-3H3,(H,24,28)/b8-5+. The molecule has 3 rings (SSSR count). The highest BCUT2D eigenvalue weighted by Gasteiger charge is 2.14. The van der Waals surface area contributed by atoms with Crippen molar-refractivity contribution < 1.29 is 9.18 Å². The summed E-state index contributed by atoms with van der Waals surface area (Å²) in [6.45, 7) is 6.83. The van der Waals surface area contributed by atoms with E-state index in [2.05, 4.69) is 15.5 Å². The van der Waals surface area contributed by atoms with Crippen LogP contribution in [0.4, 0.5) is 10.1 Å². The molecular weight excluding hydrogens is 381 g/mol. The van der Waals surface area contributed by atoms with Crippen molar-refractivity contribution >= 4 is 29.3 Å². The lowest BCUT2D eigenvalue weighted by Crippen LogP contribution is -2.10. The number of anilines is 1. The third kappa shape index (κ3) is 4.48. The van der Waals surface area contributed by atoms with Crippen molar-refractivity contribution in [3.05, 3.63) is 70.0 Å². The third-order valence-electron chi connectivity index (χ3n) is 4.37. The summed E-state index contributed by atoms with van der Waals surface area (Å²) in [5.41, 5.74) is 3.73. The molecule has 0 unspecified atom stereocenters. The molecule has 2 aromatic heterocycles. The zero-order valence-electron chi connectivity index (χ0n) is 15.9. The molecule has 0 saturated heterocycles. The first-order valence-corrected chi connectivity index (χ1v) is 9.24. The Labute approximate surface area is 167 Å². The molecule has 0 aliphatic heterocycles. The van der Waals surface area contributed by atoms with Gasteiger partial charge in [0.1, 0.15) is 5.82 Å². The zero-order valence-corrected chi connectivity index (χ0v) is 16.7. The van der Waals surface area contributed by atoms with Gasteiger partial charge in [-0.3, -0.25) is 14.2 Å². The highest BCUT2D eigenvalue weighted by atomic mass is 35.5. The third-order valence-corrected chi connectivity index (χ3v) is 4.72. The molecule has 0 atom stereocenters. The highest BCUT2D eigenvalue weighted by molar-refractivity contribution is 6.31. The Kier molecular flexibility index (Phi) is 5.94. The van der Waals surface area contributed by atoms with Gasteiger partial charge in [0.25, 0.3) is 0 Å². The summed E-state index contributed by atoms with van der Waals surface area (Å²) in [5.74, 6) is -0.638. The number of rotatable bonds is 6. The summed E-state index contributed by atoms with van der Waals surface area (Å²) in [5, 5.41) is 11.8. The van der Waals surface area contributed by atoms with E-state index in [0.29, 0.717) is 22.9 Å². The number of aryl methyl sites for hydroxylation is 2. The highest BCUT2D eigenvalue weighted by Crippen LogP contribution is 2.23. The van der Waals surface area contributed by atoms with E-state index in [1.807, 2.05) is 27.0 Å². The van der Waals surface area contributed by atoms with Crippen molar-refractivity contribution in [3.8, 4) is 0 Å². The average molecular weight is 402 g/mol. The molecule has 6 nitrogen and oxygen atoms in total. The number of carbonyl (C=O) groups excluding carboxylic acids is 1. The van der Waals surface area contributed by atoms with E-state index in [1.54, 1.807) is 27.7 Å². The molecule has 1 aromatic carbocycles. The van der Waals surface area contributed by atoms with E-state index in [1.165, 1.54) is 18.2 Å². The molecular formula is C20H21ClFN5O. The molecule has 0 fully saturated rings. The van der Waals surface area contributed by atoms with Crippen LogP contribution in [0.2, 0.25) is 5.02 Å². The van der Waals surface area contributed by atoms with Crippen LogP contribution in [0.1, 0.15) is 29.4 Å². The van der Waals surface area contributed by atoms with Gasteiger partial charge in [0.2, 0.25) is 5.91 Å². The Morgan fingerprint density at radius 2 is 2.14 bits per heavy atom. The molecule has 0 aliphatic carbocycles. The first-order chi connectivity index (χ1) is 13.4. The van der Waals surface area contributed by atoms with Gasteiger partial charge in [-0.1, -0.05) is 17.7 Å². The van der Waals surface area contributed by atoms with E-state index >= 15 is 0 Å². The number of halogens is 2. The number of carbonyl (C=O) groups is 1. The van der Waals surface area contributed by atoms with Crippen molar-refractivity contribution in [1.29, 1.82) is 0 Å². The van der Waals surface area contributed by atoms with Crippen LogP contribution in [0.25, 0.3) is 6.08 Å². The van der Waals surface area contributed by atoms with Crippen LogP contribution >= 0.6 is 11.6 Å². The molecule has 1 N–H and O–H groups in total. The number of nitrogens with one attached hydrogen (secondary N) is 1. The van der Waals surface area contributed by atoms with Crippen LogP contribution in [0.15, 0.2) is 36.7 Å². The monoisotopic (exact) mass is 401 g/mol. The van der Waals surface area contributed by atoms with E-state index in [-0.39, 0.29) is 11.7 Å². The Hall–Kier alpha value is -2.93. The summed E-state index contributed by atoms with van der Waals surface area (Å²) in [4.78, 5) is 12.3. The second-order valence-corrected chi connectivity index (χ2v) is 6.80. The minimum atomic E-state index is -0.383. The van der Waals surface area contributed by atoms with E-state index < -0.39 is 0 Å². The first-order valence-electron chi connectivity index (χ1n) is 8.86. The number of aromatic nitrogens is 4. The average Bonchev–Trinajstić information content (AvgIpc) is 3.22. The van der Waals surface area contributed by atoms with Crippen LogP contribution in [0.5, 0.6) is 0 Å². The van der Waals surface area contributed by atoms with Crippen LogP contribution in [0, 0.1) is 19.7 Å². The minimum Gasteiger partial charge on any atom is -0.319 e. The van der Waals surface area contributed by atoms with Gasteiger partial charge < -0.3 is 5.32 Å². The van der Waals surface area contributed by atoms with Crippen molar-refractivity contribution in [2.45, 2.75) is 33.9 Å². The lowest BCUT2D eigenvalue weighted by atomic mass is 10.2. The van der Waals surface area contributed by atoms with Gasteiger partial charge in [-0.15, -0.1) is 0 Å². The molecule has 2 heterocycles. The molecule has 146 valence electrons. The number of hydrogen-bond donors (Lipinski definition) is 1. The quantitative estimate of drug-likeness (QED) is 0.629. The molecule has 28 heavy (non-hydrogen) atoms. The summed E-state index contributed by atoms with van der Waals surface area (Å²) in [6.07, 6.45) is 6.74. The number of amides is 1. The number of nitrogens with zero attached hydrogens (tertiary/aromatic N) is 4. The van der Waals surface area contributed by atoms with Gasteiger partial charge in [0, 0.05) is 29.4 Å². The van der Waals surface area contributed by atoms with Crippen LogP contribution < -0.4 is 5.32 Å². The number of benzene rings is 1. The SMILES string of the molecule is CCn1cc(/C=C/C(=O)Nc2c(C)nn(Cc3ccc(F)cc3Cl)c2C)cn1. The zero-order chi connectivity index (χ0) is 20.3. The van der Waals surface area contributed by atoms with Crippen molar-refractivity contribution in [3.63, 3.8) is 0 Å². The Morgan fingerprint density at radius 1 is 1.36 bits per heavy atom. The maximum atomic E-state index is 13.2. The Morgan fingerprint density at radius 3 is 2.82 bits per heavy atom. The molecule has 1 amide bonds. The molecule has 0 spiro atoms. The molecule has 0 saturated carbocycles. The Bertz CT molecular complexity index is 1040. The van der Waals surface area contributed by atoms with Crippen LogP contribution in [0.3, 0.4) is 0 Å². The fourth-order valence-electron chi connectivity index (χ4n) is 2.82. The maximum absolute atomic E-state index is 13.2. The molecule has 8 heteroatoms. The van der Waals surface area contributed by atoms with E-state index in [0.717, 1.165) is 23.4 Å². The van der Waals surface area contributed by atoms with Gasteiger partial charge in [0.15, 0.2) is 0 Å². The summed E-state index contributed by atoms with van der Waals surface area (Å²) in [6, 6.07) is 4.27. The second-order valence-electron chi connectivity index (χ2n) is 6.39. The summed E-state index contributed by atoms with van der Waals surface area (Å²) < 4.78 is 16.8. The maximum Gasteiger partial charge on any atom is 0.248 e. The van der Waals surface area contributed by atoms with Crippen molar-refractivity contribution in [2.24, 2.45) is 0 Å². The van der Waals surface area contributed by atoms with Gasteiger partial charge in [-0.05, 0) is 44.5 Å². The van der Waals surface area contributed by atoms with Crippen LogP contribution in [-0.4, -0.2) is 25.5 Å².